The quantitative estimate of drug-likeness (QED) is 0.699. The molecule has 3 heterocycles. The molecule has 3 aromatic rings. The fourth-order valence-electron chi connectivity index (χ4n) is 3.22. The van der Waals surface area contributed by atoms with Gasteiger partial charge in [-0.1, -0.05) is 23.7 Å². The van der Waals surface area contributed by atoms with E-state index in [1.54, 1.807) is 12.4 Å². The zero-order valence-electron chi connectivity index (χ0n) is 15.8. The van der Waals surface area contributed by atoms with Crippen molar-refractivity contribution in [3.63, 3.8) is 0 Å². The van der Waals surface area contributed by atoms with Crippen molar-refractivity contribution in [1.82, 2.24) is 20.1 Å². The van der Waals surface area contributed by atoms with Crippen LogP contribution in [0.1, 0.15) is 5.56 Å². The second-order valence-electron chi connectivity index (χ2n) is 6.81. The predicted molar refractivity (Wildman–Crippen MR) is 114 cm³/mol. The minimum Gasteiger partial charge on any atom is -0.352 e. The van der Waals surface area contributed by atoms with Gasteiger partial charge >= 0.3 is 0 Å². The van der Waals surface area contributed by atoms with Crippen LogP contribution < -0.4 is 10.2 Å². The van der Waals surface area contributed by atoms with Crippen molar-refractivity contribution in [3.8, 4) is 0 Å². The highest BCUT2D eigenvalue weighted by atomic mass is 35.5. The highest BCUT2D eigenvalue weighted by Crippen LogP contribution is 2.17. The summed E-state index contributed by atoms with van der Waals surface area (Å²) in [4.78, 5) is 20.7. The van der Waals surface area contributed by atoms with Crippen LogP contribution in [-0.2, 0) is 11.2 Å². The van der Waals surface area contributed by atoms with Gasteiger partial charge in [-0.15, -0.1) is 10.2 Å². The van der Waals surface area contributed by atoms with Crippen LogP contribution in [0.3, 0.4) is 0 Å². The monoisotopic (exact) mass is 408 g/mol. The summed E-state index contributed by atoms with van der Waals surface area (Å²) >= 11 is 5.90. The summed E-state index contributed by atoms with van der Waals surface area (Å²) in [5.74, 6) is 1.61. The standard InChI is InChI=1S/C21H21ClN6O/c22-17-5-3-16(4-6-17)14-21(29)28-12-10-27(11-13-28)20-8-7-19(25-26-20)24-18-2-1-9-23-15-18/h1-9,15H,10-14H2,(H,24,25). The van der Waals surface area contributed by atoms with E-state index < -0.39 is 0 Å². The van der Waals surface area contributed by atoms with E-state index in [0.717, 1.165) is 30.2 Å². The molecule has 1 N–H and O–H groups in total. The molecule has 0 bridgehead atoms. The first-order valence-corrected chi connectivity index (χ1v) is 9.83. The number of carbonyl (C=O) groups is 1. The maximum atomic E-state index is 12.5. The average Bonchev–Trinajstić information content (AvgIpc) is 2.77. The van der Waals surface area contributed by atoms with Gasteiger partial charge in [-0.05, 0) is 42.0 Å². The third-order valence-electron chi connectivity index (χ3n) is 4.81. The third-order valence-corrected chi connectivity index (χ3v) is 5.06. The minimum absolute atomic E-state index is 0.133. The fourth-order valence-corrected chi connectivity index (χ4v) is 3.34. The van der Waals surface area contributed by atoms with Gasteiger partial charge < -0.3 is 15.1 Å². The maximum Gasteiger partial charge on any atom is 0.227 e. The second-order valence-corrected chi connectivity index (χ2v) is 7.25. The van der Waals surface area contributed by atoms with Gasteiger partial charge in [-0.3, -0.25) is 9.78 Å². The molecular formula is C21H21ClN6O. The van der Waals surface area contributed by atoms with Gasteiger partial charge in [0.25, 0.3) is 0 Å². The van der Waals surface area contributed by atoms with Crippen LogP contribution in [0.15, 0.2) is 60.9 Å². The van der Waals surface area contributed by atoms with E-state index in [0.29, 0.717) is 30.4 Å². The molecule has 1 aromatic carbocycles. The lowest BCUT2D eigenvalue weighted by atomic mass is 10.1. The molecule has 1 saturated heterocycles. The van der Waals surface area contributed by atoms with E-state index in [-0.39, 0.29) is 5.91 Å². The molecule has 1 aliphatic heterocycles. The summed E-state index contributed by atoms with van der Waals surface area (Å²) in [6.07, 6.45) is 3.85. The van der Waals surface area contributed by atoms with Gasteiger partial charge in [0.2, 0.25) is 5.91 Å². The number of hydrogen-bond acceptors (Lipinski definition) is 6. The van der Waals surface area contributed by atoms with Crippen LogP contribution in [0.5, 0.6) is 0 Å². The Balaban J connectivity index is 1.30. The van der Waals surface area contributed by atoms with Gasteiger partial charge in [0, 0.05) is 37.4 Å². The van der Waals surface area contributed by atoms with E-state index in [2.05, 4.69) is 25.4 Å². The molecule has 29 heavy (non-hydrogen) atoms. The lowest BCUT2D eigenvalue weighted by Gasteiger charge is -2.35. The van der Waals surface area contributed by atoms with Gasteiger partial charge in [0.1, 0.15) is 0 Å². The molecule has 0 atom stereocenters. The maximum absolute atomic E-state index is 12.5. The summed E-state index contributed by atoms with van der Waals surface area (Å²) < 4.78 is 0. The SMILES string of the molecule is O=C(Cc1ccc(Cl)cc1)N1CCN(c2ccc(Nc3cccnc3)nn2)CC1. The lowest BCUT2D eigenvalue weighted by molar-refractivity contribution is -0.130. The number of nitrogens with zero attached hydrogens (tertiary/aromatic N) is 5. The van der Waals surface area contributed by atoms with Gasteiger partial charge in [-0.2, -0.15) is 0 Å². The van der Waals surface area contributed by atoms with Crippen LogP contribution in [-0.4, -0.2) is 52.2 Å². The van der Waals surface area contributed by atoms with Crippen LogP contribution in [0.2, 0.25) is 5.02 Å². The lowest BCUT2D eigenvalue weighted by Crippen LogP contribution is -2.49. The van der Waals surface area contributed by atoms with Crippen molar-refractivity contribution in [2.24, 2.45) is 0 Å². The van der Waals surface area contributed by atoms with Crippen molar-refractivity contribution in [1.29, 1.82) is 0 Å². The molecule has 1 amide bonds. The zero-order valence-corrected chi connectivity index (χ0v) is 16.6. The smallest absolute Gasteiger partial charge is 0.227 e. The summed E-state index contributed by atoms with van der Waals surface area (Å²) in [7, 11) is 0. The Morgan fingerprint density at radius 2 is 1.79 bits per heavy atom. The van der Waals surface area contributed by atoms with Crippen LogP contribution >= 0.6 is 11.6 Å². The topological polar surface area (TPSA) is 74.2 Å². The van der Waals surface area contributed by atoms with E-state index >= 15 is 0 Å². The number of aromatic nitrogens is 3. The van der Waals surface area contributed by atoms with Crippen LogP contribution in [0, 0.1) is 0 Å². The Labute approximate surface area is 174 Å². The predicted octanol–water partition coefficient (Wildman–Crippen LogP) is 3.16. The van der Waals surface area contributed by atoms with E-state index in [4.69, 9.17) is 11.6 Å². The molecule has 7 nitrogen and oxygen atoms in total. The summed E-state index contributed by atoms with van der Waals surface area (Å²) in [6.45, 7) is 2.81. The Bertz CT molecular complexity index is 941. The van der Waals surface area contributed by atoms with Crippen molar-refractivity contribution in [2.45, 2.75) is 6.42 Å². The van der Waals surface area contributed by atoms with Gasteiger partial charge in [0.05, 0.1) is 18.3 Å². The summed E-state index contributed by atoms with van der Waals surface area (Å²) in [5.41, 5.74) is 1.84. The van der Waals surface area contributed by atoms with Crippen molar-refractivity contribution < 1.29 is 4.79 Å². The molecule has 4 rings (SSSR count). The molecular weight excluding hydrogens is 388 g/mol. The highest BCUT2D eigenvalue weighted by Gasteiger charge is 2.22. The number of hydrogen-bond donors (Lipinski definition) is 1. The van der Waals surface area contributed by atoms with E-state index in [9.17, 15) is 4.79 Å². The normalized spacial score (nSPS) is 14.0. The number of nitrogens with one attached hydrogen (secondary N) is 1. The molecule has 8 heteroatoms. The molecule has 148 valence electrons. The molecule has 0 unspecified atom stereocenters. The molecule has 0 radical (unpaired) electrons. The summed E-state index contributed by atoms with van der Waals surface area (Å²) in [6, 6.07) is 15.0. The first-order chi connectivity index (χ1) is 14.2. The van der Waals surface area contributed by atoms with Crippen molar-refractivity contribution in [2.75, 3.05) is 36.4 Å². The van der Waals surface area contributed by atoms with Crippen LogP contribution in [0.4, 0.5) is 17.3 Å². The second kappa shape index (κ2) is 8.87. The number of benzene rings is 1. The van der Waals surface area contributed by atoms with Crippen molar-refractivity contribution in [3.05, 3.63) is 71.5 Å². The molecule has 1 aliphatic rings. The van der Waals surface area contributed by atoms with Crippen molar-refractivity contribution >= 4 is 34.8 Å². The summed E-state index contributed by atoms with van der Waals surface area (Å²) in [5, 5.41) is 12.4. The number of halogens is 1. The molecule has 2 aromatic heterocycles. The number of anilines is 3. The number of pyridine rings is 1. The van der Waals surface area contributed by atoms with Gasteiger partial charge in [0.15, 0.2) is 11.6 Å². The average molecular weight is 409 g/mol. The first-order valence-electron chi connectivity index (χ1n) is 9.45. The fraction of sp³-hybridized carbons (Fsp3) is 0.238. The highest BCUT2D eigenvalue weighted by molar-refractivity contribution is 6.30. The Hall–Kier alpha value is -3.19. The number of carbonyl (C=O) groups excluding carboxylic acids is 1. The minimum atomic E-state index is 0.133. The van der Waals surface area contributed by atoms with Crippen LogP contribution in [0.25, 0.3) is 0 Å². The largest absolute Gasteiger partial charge is 0.352 e. The number of amides is 1. The molecule has 0 spiro atoms. The molecule has 1 fully saturated rings. The molecule has 0 aliphatic carbocycles. The van der Waals surface area contributed by atoms with E-state index in [1.165, 1.54) is 0 Å². The number of piperazine rings is 1. The first kappa shape index (κ1) is 19.1. The Kier molecular flexibility index (Phi) is 5.86. The zero-order chi connectivity index (χ0) is 20.1. The Morgan fingerprint density at radius 3 is 2.45 bits per heavy atom. The molecule has 0 saturated carbocycles. The Morgan fingerprint density at radius 1 is 1.00 bits per heavy atom. The van der Waals surface area contributed by atoms with E-state index in [1.807, 2.05) is 53.4 Å². The third kappa shape index (κ3) is 5.00. The van der Waals surface area contributed by atoms with Gasteiger partial charge in [-0.25, -0.2) is 0 Å². The number of rotatable bonds is 5.